The Morgan fingerprint density at radius 1 is 1.12 bits per heavy atom. The number of fused-ring (bicyclic) bond motifs is 1. The van der Waals surface area contributed by atoms with Crippen molar-refractivity contribution in [3.05, 3.63) is 81.2 Å². The van der Waals surface area contributed by atoms with Gasteiger partial charge in [-0.1, -0.05) is 42.5 Å². The lowest BCUT2D eigenvalue weighted by Gasteiger charge is -2.13. The number of phenols is 1. The molecule has 0 bridgehead atoms. The van der Waals surface area contributed by atoms with Gasteiger partial charge in [0.15, 0.2) is 5.75 Å². The van der Waals surface area contributed by atoms with Crippen molar-refractivity contribution in [3.8, 4) is 5.75 Å². The summed E-state index contributed by atoms with van der Waals surface area (Å²) in [7, 11) is 0. The number of imide groups is 1. The van der Waals surface area contributed by atoms with E-state index in [1.807, 2.05) is 30.3 Å². The summed E-state index contributed by atoms with van der Waals surface area (Å²) in [5, 5.41) is 24.4. The molecule has 2 N–H and O–H groups in total. The van der Waals surface area contributed by atoms with Crippen molar-refractivity contribution < 1.29 is 24.4 Å². The van der Waals surface area contributed by atoms with Crippen LogP contribution in [0.2, 0.25) is 0 Å². The summed E-state index contributed by atoms with van der Waals surface area (Å²) in [6.45, 7) is -0.471. The average Bonchev–Trinajstić information content (AvgIpc) is 3.02. The Morgan fingerprint density at radius 3 is 2.66 bits per heavy atom. The highest BCUT2D eigenvalue weighted by Gasteiger charge is 2.36. The molecule has 0 atom stereocenters. The fourth-order valence-electron chi connectivity index (χ4n) is 3.23. The van der Waals surface area contributed by atoms with Crippen LogP contribution in [0.1, 0.15) is 5.56 Å². The smallest absolute Gasteiger partial charge is 0.311 e. The predicted octanol–water partition coefficient (Wildman–Crippen LogP) is 4.13. The first-order valence-electron chi connectivity index (χ1n) is 9.34. The van der Waals surface area contributed by atoms with Crippen molar-refractivity contribution in [2.24, 2.45) is 0 Å². The SMILES string of the molecule is O=C(CN1C(=O)S/C(=C/c2ccc(O)c([N+](=O)[O-])c2)C1=O)Nc1cccc2ccccc12. The second-order valence-corrected chi connectivity index (χ2v) is 7.84. The Hall–Kier alpha value is -4.18. The van der Waals surface area contributed by atoms with Gasteiger partial charge < -0.3 is 10.4 Å². The highest BCUT2D eigenvalue weighted by molar-refractivity contribution is 8.18. The third kappa shape index (κ3) is 4.16. The van der Waals surface area contributed by atoms with Crippen LogP contribution in [0, 0.1) is 10.1 Å². The summed E-state index contributed by atoms with van der Waals surface area (Å²) in [5.74, 6) is -1.72. The molecular formula is C22H15N3O6S. The van der Waals surface area contributed by atoms with Crippen LogP contribution in [0.3, 0.4) is 0 Å². The van der Waals surface area contributed by atoms with E-state index >= 15 is 0 Å². The van der Waals surface area contributed by atoms with E-state index in [9.17, 15) is 29.6 Å². The second kappa shape index (κ2) is 8.52. The number of nitro groups is 1. The molecule has 160 valence electrons. The third-order valence-electron chi connectivity index (χ3n) is 4.73. The van der Waals surface area contributed by atoms with Gasteiger partial charge in [0.05, 0.1) is 9.83 Å². The van der Waals surface area contributed by atoms with Crippen LogP contribution in [0.15, 0.2) is 65.6 Å². The van der Waals surface area contributed by atoms with Gasteiger partial charge in [0.1, 0.15) is 6.54 Å². The monoisotopic (exact) mass is 449 g/mol. The Bertz CT molecular complexity index is 1310. The predicted molar refractivity (Wildman–Crippen MR) is 120 cm³/mol. The molecule has 1 aliphatic heterocycles. The second-order valence-electron chi connectivity index (χ2n) is 6.85. The Morgan fingerprint density at radius 2 is 1.88 bits per heavy atom. The number of hydrogen-bond donors (Lipinski definition) is 2. The van der Waals surface area contributed by atoms with Gasteiger partial charge in [-0.15, -0.1) is 0 Å². The topological polar surface area (TPSA) is 130 Å². The van der Waals surface area contributed by atoms with Crippen LogP contribution in [0.5, 0.6) is 5.75 Å². The molecule has 0 aliphatic carbocycles. The van der Waals surface area contributed by atoms with Gasteiger partial charge in [0, 0.05) is 17.1 Å². The molecule has 0 unspecified atom stereocenters. The number of carbonyl (C=O) groups is 3. The molecule has 1 aliphatic rings. The number of nitrogens with one attached hydrogen (secondary N) is 1. The summed E-state index contributed by atoms with van der Waals surface area (Å²) in [4.78, 5) is 48.6. The van der Waals surface area contributed by atoms with Crippen LogP contribution in [0.4, 0.5) is 16.2 Å². The maximum atomic E-state index is 12.7. The molecule has 10 heteroatoms. The van der Waals surface area contributed by atoms with Crippen LogP contribution in [-0.4, -0.2) is 38.5 Å². The van der Waals surface area contributed by atoms with Crippen molar-refractivity contribution in [2.45, 2.75) is 0 Å². The molecule has 3 aromatic rings. The van der Waals surface area contributed by atoms with Gasteiger partial charge in [-0.05, 0) is 40.9 Å². The molecule has 3 aromatic carbocycles. The zero-order valence-corrected chi connectivity index (χ0v) is 17.2. The highest BCUT2D eigenvalue weighted by atomic mass is 32.2. The Labute approximate surface area is 185 Å². The number of aromatic hydroxyl groups is 1. The van der Waals surface area contributed by atoms with Gasteiger partial charge in [-0.3, -0.25) is 29.4 Å². The zero-order chi connectivity index (χ0) is 22.8. The first-order valence-corrected chi connectivity index (χ1v) is 10.2. The number of anilines is 1. The fraction of sp³-hybridized carbons (Fsp3) is 0.0455. The Balaban J connectivity index is 1.51. The molecule has 0 saturated carbocycles. The van der Waals surface area contributed by atoms with Gasteiger partial charge in [0.2, 0.25) is 5.91 Å². The number of phenolic OH excluding ortho intramolecular Hbond substituents is 1. The number of nitro benzene ring substituents is 1. The minimum atomic E-state index is -0.754. The van der Waals surface area contributed by atoms with Gasteiger partial charge >= 0.3 is 5.69 Å². The molecule has 0 spiro atoms. The number of benzene rings is 3. The first-order chi connectivity index (χ1) is 15.3. The number of carbonyl (C=O) groups excluding carboxylic acids is 3. The molecule has 1 saturated heterocycles. The zero-order valence-electron chi connectivity index (χ0n) is 16.3. The lowest BCUT2D eigenvalue weighted by molar-refractivity contribution is -0.385. The first kappa shape index (κ1) is 21.1. The number of amides is 3. The van der Waals surface area contributed by atoms with Crippen LogP contribution in [-0.2, 0) is 9.59 Å². The lowest BCUT2D eigenvalue weighted by atomic mass is 10.1. The number of nitrogens with zero attached hydrogens (tertiary/aromatic N) is 2. The average molecular weight is 449 g/mol. The fourth-order valence-corrected chi connectivity index (χ4v) is 4.07. The largest absolute Gasteiger partial charge is 0.502 e. The number of thioether (sulfide) groups is 1. The van der Waals surface area contributed by atoms with Gasteiger partial charge in [0.25, 0.3) is 11.1 Å². The standard InChI is InChI=1S/C22H15N3O6S/c26-18-9-8-13(10-17(18)25(30)31)11-19-21(28)24(22(29)32-19)12-20(27)23-16-7-3-5-14-4-1-2-6-15(14)16/h1-11,26H,12H2,(H,23,27)/b19-11+. The lowest BCUT2D eigenvalue weighted by Crippen LogP contribution is -2.36. The number of rotatable bonds is 5. The summed E-state index contributed by atoms with van der Waals surface area (Å²) in [5.41, 5.74) is 0.305. The van der Waals surface area contributed by atoms with Crippen LogP contribution >= 0.6 is 11.8 Å². The maximum Gasteiger partial charge on any atom is 0.311 e. The molecule has 0 aromatic heterocycles. The van der Waals surface area contributed by atoms with Crippen molar-refractivity contribution >= 4 is 57.0 Å². The minimum Gasteiger partial charge on any atom is -0.502 e. The Kier molecular flexibility index (Phi) is 5.61. The highest BCUT2D eigenvalue weighted by Crippen LogP contribution is 2.34. The van der Waals surface area contributed by atoms with Crippen molar-refractivity contribution in [1.82, 2.24) is 4.90 Å². The molecule has 9 nitrogen and oxygen atoms in total. The van der Waals surface area contributed by atoms with Gasteiger partial charge in [-0.2, -0.15) is 0 Å². The van der Waals surface area contributed by atoms with E-state index in [0.717, 1.165) is 27.8 Å². The molecule has 4 rings (SSSR count). The summed E-state index contributed by atoms with van der Waals surface area (Å²) in [6.07, 6.45) is 1.31. The molecular weight excluding hydrogens is 434 g/mol. The van der Waals surface area contributed by atoms with E-state index in [4.69, 9.17) is 0 Å². The van der Waals surface area contributed by atoms with Crippen LogP contribution < -0.4 is 5.32 Å². The van der Waals surface area contributed by atoms with E-state index in [1.54, 1.807) is 12.1 Å². The summed E-state index contributed by atoms with van der Waals surface area (Å²) < 4.78 is 0. The quantitative estimate of drug-likeness (QED) is 0.340. The third-order valence-corrected chi connectivity index (χ3v) is 5.64. The normalized spacial score (nSPS) is 14.9. The van der Waals surface area contributed by atoms with Crippen molar-refractivity contribution in [3.63, 3.8) is 0 Å². The van der Waals surface area contributed by atoms with E-state index in [-0.39, 0.29) is 10.5 Å². The number of hydrogen-bond acceptors (Lipinski definition) is 7. The van der Waals surface area contributed by atoms with E-state index < -0.39 is 40.0 Å². The van der Waals surface area contributed by atoms with Crippen LogP contribution in [0.25, 0.3) is 16.8 Å². The maximum absolute atomic E-state index is 12.7. The molecule has 1 fully saturated rings. The molecule has 1 heterocycles. The van der Waals surface area contributed by atoms with E-state index in [2.05, 4.69) is 5.32 Å². The van der Waals surface area contributed by atoms with E-state index in [1.165, 1.54) is 12.1 Å². The molecule has 32 heavy (non-hydrogen) atoms. The summed E-state index contributed by atoms with van der Waals surface area (Å²) in [6, 6.07) is 16.5. The van der Waals surface area contributed by atoms with Crippen molar-refractivity contribution in [2.75, 3.05) is 11.9 Å². The molecule has 3 amide bonds. The van der Waals surface area contributed by atoms with Gasteiger partial charge in [-0.25, -0.2) is 0 Å². The van der Waals surface area contributed by atoms with Crippen molar-refractivity contribution in [1.29, 1.82) is 0 Å². The molecule has 0 radical (unpaired) electrons. The minimum absolute atomic E-state index is 0.0212. The van der Waals surface area contributed by atoms with E-state index in [0.29, 0.717) is 17.4 Å². The summed E-state index contributed by atoms with van der Waals surface area (Å²) >= 11 is 0.632.